The van der Waals surface area contributed by atoms with Crippen LogP contribution in [0.2, 0.25) is 5.28 Å². The molecule has 2 aromatic rings. The predicted octanol–water partition coefficient (Wildman–Crippen LogP) is 2.04. The fourth-order valence-corrected chi connectivity index (χ4v) is 2.74. The third-order valence-electron chi connectivity index (χ3n) is 3.95. The number of aromatic nitrogens is 3. The SMILES string of the molecule is CC(C)(C)OC(=O)NCc1ccc(CNc2nc(Cl)nc(NN3CC(=O)NC3=O)n2)cc1. The lowest BCUT2D eigenvalue weighted by Gasteiger charge is -2.19. The highest BCUT2D eigenvalue weighted by Gasteiger charge is 2.27. The largest absolute Gasteiger partial charge is 0.444 e. The fourth-order valence-electron chi connectivity index (χ4n) is 2.58. The maximum Gasteiger partial charge on any atom is 0.407 e. The van der Waals surface area contributed by atoms with E-state index in [-0.39, 0.29) is 23.7 Å². The van der Waals surface area contributed by atoms with Gasteiger partial charge in [0.25, 0.3) is 0 Å². The number of imide groups is 1. The third kappa shape index (κ3) is 6.94. The second-order valence-corrected chi connectivity index (χ2v) is 8.17. The first-order chi connectivity index (χ1) is 15.1. The molecule has 0 spiro atoms. The molecule has 1 fully saturated rings. The van der Waals surface area contributed by atoms with Crippen molar-refractivity contribution < 1.29 is 19.1 Å². The van der Waals surface area contributed by atoms with Gasteiger partial charge in [-0.1, -0.05) is 24.3 Å². The van der Waals surface area contributed by atoms with Gasteiger partial charge in [-0.2, -0.15) is 15.0 Å². The first kappa shape index (κ1) is 23.0. The number of alkyl carbamates (subject to hydrolysis) is 1. The van der Waals surface area contributed by atoms with Crippen LogP contribution in [0.25, 0.3) is 0 Å². The standard InChI is InChI=1S/C19H23ClN8O4/c1-19(2,3)32-18(31)22-9-12-6-4-11(5-7-12)8-21-15-24-14(20)25-16(26-15)27-28-10-13(29)23-17(28)30/h4-7H,8-10H2,1-3H3,(H,22,31)(H,23,29,30)(H2,21,24,25,26,27). The number of ether oxygens (including phenoxy) is 1. The Morgan fingerprint density at radius 1 is 1.09 bits per heavy atom. The van der Waals surface area contributed by atoms with Gasteiger partial charge in [0.2, 0.25) is 23.1 Å². The average Bonchev–Trinajstić information content (AvgIpc) is 3.00. The number of benzene rings is 1. The number of amides is 4. The molecular weight excluding hydrogens is 440 g/mol. The second kappa shape index (κ2) is 9.64. The smallest absolute Gasteiger partial charge is 0.407 e. The molecule has 1 aromatic heterocycles. The van der Waals surface area contributed by atoms with Crippen molar-refractivity contribution in [3.8, 4) is 0 Å². The second-order valence-electron chi connectivity index (χ2n) is 7.83. The predicted molar refractivity (Wildman–Crippen MR) is 116 cm³/mol. The van der Waals surface area contributed by atoms with E-state index in [9.17, 15) is 14.4 Å². The number of nitrogens with zero attached hydrogens (tertiary/aromatic N) is 4. The van der Waals surface area contributed by atoms with Gasteiger partial charge >= 0.3 is 12.1 Å². The Morgan fingerprint density at radius 2 is 1.72 bits per heavy atom. The summed E-state index contributed by atoms with van der Waals surface area (Å²) in [5.74, 6) is -0.235. The molecule has 1 aliphatic rings. The molecule has 170 valence electrons. The Kier molecular flexibility index (Phi) is 6.93. The summed E-state index contributed by atoms with van der Waals surface area (Å²) in [5.41, 5.74) is 3.91. The van der Waals surface area contributed by atoms with Crippen molar-refractivity contribution in [1.82, 2.24) is 30.6 Å². The molecule has 0 radical (unpaired) electrons. The third-order valence-corrected chi connectivity index (χ3v) is 4.11. The van der Waals surface area contributed by atoms with E-state index in [2.05, 4.69) is 36.3 Å². The van der Waals surface area contributed by atoms with Gasteiger partial charge in [-0.15, -0.1) is 0 Å². The number of rotatable bonds is 7. The number of hydrogen-bond acceptors (Lipinski definition) is 9. The number of hydrazine groups is 1. The van der Waals surface area contributed by atoms with Gasteiger partial charge in [0, 0.05) is 13.1 Å². The molecule has 3 rings (SSSR count). The average molecular weight is 463 g/mol. The monoisotopic (exact) mass is 462 g/mol. The van der Waals surface area contributed by atoms with Crippen LogP contribution in [-0.2, 0) is 22.6 Å². The molecule has 1 saturated heterocycles. The summed E-state index contributed by atoms with van der Waals surface area (Å²) in [6.07, 6.45) is -0.477. The lowest BCUT2D eigenvalue weighted by Crippen LogP contribution is -2.34. The molecule has 1 aromatic carbocycles. The van der Waals surface area contributed by atoms with Crippen LogP contribution in [0.3, 0.4) is 0 Å². The first-order valence-corrected chi connectivity index (χ1v) is 10.0. The molecule has 32 heavy (non-hydrogen) atoms. The van der Waals surface area contributed by atoms with Crippen molar-refractivity contribution in [1.29, 1.82) is 0 Å². The number of urea groups is 1. The zero-order chi connectivity index (χ0) is 23.3. The Balaban J connectivity index is 1.53. The molecule has 0 atom stereocenters. The first-order valence-electron chi connectivity index (χ1n) is 9.65. The normalized spacial score (nSPS) is 13.6. The summed E-state index contributed by atoms with van der Waals surface area (Å²) in [6, 6.07) is 6.93. The zero-order valence-electron chi connectivity index (χ0n) is 17.7. The van der Waals surface area contributed by atoms with Crippen LogP contribution in [0.4, 0.5) is 21.5 Å². The number of carbonyl (C=O) groups is 3. The van der Waals surface area contributed by atoms with Crippen LogP contribution < -0.4 is 21.4 Å². The lowest BCUT2D eigenvalue weighted by atomic mass is 10.1. The van der Waals surface area contributed by atoms with Crippen LogP contribution in [-0.4, -0.2) is 50.1 Å². The van der Waals surface area contributed by atoms with E-state index >= 15 is 0 Å². The van der Waals surface area contributed by atoms with Crippen LogP contribution in [0, 0.1) is 0 Å². The number of nitrogens with one attached hydrogen (secondary N) is 4. The number of carbonyl (C=O) groups excluding carboxylic acids is 3. The molecule has 12 nitrogen and oxygen atoms in total. The molecule has 13 heteroatoms. The highest BCUT2D eigenvalue weighted by Crippen LogP contribution is 2.13. The summed E-state index contributed by atoms with van der Waals surface area (Å²) in [6.45, 7) is 5.97. The van der Waals surface area contributed by atoms with Gasteiger partial charge in [-0.05, 0) is 43.5 Å². The van der Waals surface area contributed by atoms with E-state index < -0.39 is 23.6 Å². The van der Waals surface area contributed by atoms with Crippen LogP contribution in [0.1, 0.15) is 31.9 Å². The quantitative estimate of drug-likeness (QED) is 0.453. The number of hydrogen-bond donors (Lipinski definition) is 4. The van der Waals surface area contributed by atoms with Gasteiger partial charge in [-0.25, -0.2) is 14.6 Å². The summed E-state index contributed by atoms with van der Waals surface area (Å²) in [5, 5.41) is 8.80. The molecule has 0 bridgehead atoms. The number of halogens is 1. The highest BCUT2D eigenvalue weighted by molar-refractivity contribution is 6.28. The summed E-state index contributed by atoms with van der Waals surface area (Å²) < 4.78 is 5.21. The Hall–Kier alpha value is -3.67. The van der Waals surface area contributed by atoms with E-state index in [1.807, 2.05) is 24.3 Å². The Labute approximate surface area is 189 Å². The maximum atomic E-state index is 11.7. The van der Waals surface area contributed by atoms with Crippen LogP contribution in [0.15, 0.2) is 24.3 Å². The molecule has 4 N–H and O–H groups in total. The molecule has 0 aliphatic carbocycles. The van der Waals surface area contributed by atoms with Gasteiger partial charge < -0.3 is 15.4 Å². The molecular formula is C19H23ClN8O4. The van der Waals surface area contributed by atoms with Crippen molar-refractivity contribution in [2.75, 3.05) is 17.3 Å². The van der Waals surface area contributed by atoms with Gasteiger partial charge in [0.15, 0.2) is 0 Å². The summed E-state index contributed by atoms with van der Waals surface area (Å²) >= 11 is 5.93. The fraction of sp³-hybridized carbons (Fsp3) is 0.368. The number of anilines is 2. The minimum Gasteiger partial charge on any atom is -0.444 e. The summed E-state index contributed by atoms with van der Waals surface area (Å²) in [4.78, 5) is 46.7. The van der Waals surface area contributed by atoms with Crippen molar-refractivity contribution in [3.05, 3.63) is 40.7 Å². The topological polar surface area (TPSA) is 150 Å². The van der Waals surface area contributed by atoms with E-state index in [1.165, 1.54) is 0 Å². The van der Waals surface area contributed by atoms with Crippen molar-refractivity contribution in [2.45, 2.75) is 39.5 Å². The molecule has 0 unspecified atom stereocenters. The van der Waals surface area contributed by atoms with E-state index in [0.717, 1.165) is 16.1 Å². The summed E-state index contributed by atoms with van der Waals surface area (Å²) in [7, 11) is 0. The zero-order valence-corrected chi connectivity index (χ0v) is 18.5. The maximum absolute atomic E-state index is 11.7. The van der Waals surface area contributed by atoms with E-state index in [4.69, 9.17) is 16.3 Å². The Bertz CT molecular complexity index is 1010. The van der Waals surface area contributed by atoms with Gasteiger partial charge in [0.1, 0.15) is 12.1 Å². The highest BCUT2D eigenvalue weighted by atomic mass is 35.5. The van der Waals surface area contributed by atoms with Crippen molar-refractivity contribution in [2.24, 2.45) is 0 Å². The van der Waals surface area contributed by atoms with Gasteiger partial charge in [0.05, 0.1) is 0 Å². The molecule has 4 amide bonds. The van der Waals surface area contributed by atoms with E-state index in [0.29, 0.717) is 13.1 Å². The lowest BCUT2D eigenvalue weighted by molar-refractivity contribution is -0.118. The van der Waals surface area contributed by atoms with Crippen molar-refractivity contribution >= 4 is 41.5 Å². The van der Waals surface area contributed by atoms with Gasteiger partial charge in [-0.3, -0.25) is 15.5 Å². The molecule has 2 heterocycles. The van der Waals surface area contributed by atoms with Crippen molar-refractivity contribution in [3.63, 3.8) is 0 Å². The Morgan fingerprint density at radius 3 is 2.31 bits per heavy atom. The van der Waals surface area contributed by atoms with E-state index in [1.54, 1.807) is 20.8 Å². The molecule has 0 saturated carbocycles. The van der Waals surface area contributed by atoms with Crippen LogP contribution >= 0.6 is 11.6 Å². The minimum absolute atomic E-state index is 0.0147. The minimum atomic E-state index is -0.609. The van der Waals surface area contributed by atoms with Crippen LogP contribution in [0.5, 0.6) is 0 Å². The molecule has 1 aliphatic heterocycles.